The number of carbonyl (C=O) groups excluding carboxylic acids is 1. The summed E-state index contributed by atoms with van der Waals surface area (Å²) in [6.07, 6.45) is 11.0. The van der Waals surface area contributed by atoms with Crippen LogP contribution in [0.25, 0.3) is 0 Å². The molecule has 0 spiro atoms. The van der Waals surface area contributed by atoms with Crippen LogP contribution in [0.2, 0.25) is 0 Å². The van der Waals surface area contributed by atoms with Gasteiger partial charge in [0.2, 0.25) is 5.91 Å². The molecule has 2 atom stereocenters. The van der Waals surface area contributed by atoms with Crippen molar-refractivity contribution in [2.75, 3.05) is 26.2 Å². The molecule has 0 unspecified atom stereocenters. The molecule has 27 heavy (non-hydrogen) atoms. The molecule has 1 N–H and O–H groups in total. The molecule has 4 rings (SSSR count). The number of aliphatic carboxylic acids is 1. The zero-order valence-electron chi connectivity index (χ0n) is 15.8. The average Bonchev–Trinajstić information content (AvgIpc) is 3.39. The molecule has 0 radical (unpaired) electrons. The second-order valence-corrected chi connectivity index (χ2v) is 8.33. The van der Waals surface area contributed by atoms with Gasteiger partial charge in [-0.25, -0.2) is 0 Å². The van der Waals surface area contributed by atoms with Crippen molar-refractivity contribution in [3.8, 4) is 0 Å². The molecule has 1 saturated carbocycles. The van der Waals surface area contributed by atoms with Gasteiger partial charge < -0.3 is 10.0 Å². The van der Waals surface area contributed by atoms with E-state index in [1.54, 1.807) is 12.4 Å². The highest BCUT2D eigenvalue weighted by Crippen LogP contribution is 2.40. The fourth-order valence-electron chi connectivity index (χ4n) is 5.39. The minimum absolute atomic E-state index is 0.168. The van der Waals surface area contributed by atoms with Crippen molar-refractivity contribution in [3.63, 3.8) is 0 Å². The minimum Gasteiger partial charge on any atom is -0.481 e. The number of aromatic nitrogens is 1. The molecule has 3 aliphatic rings. The maximum Gasteiger partial charge on any atom is 0.308 e. The Kier molecular flexibility index (Phi) is 5.17. The van der Waals surface area contributed by atoms with Gasteiger partial charge in [0.05, 0.1) is 5.92 Å². The Balaban J connectivity index is 1.59. The molecule has 1 aromatic rings. The Labute approximate surface area is 160 Å². The van der Waals surface area contributed by atoms with Gasteiger partial charge in [-0.3, -0.25) is 19.5 Å². The van der Waals surface area contributed by atoms with Crippen molar-refractivity contribution in [2.45, 2.75) is 56.4 Å². The van der Waals surface area contributed by atoms with Crippen LogP contribution >= 0.6 is 0 Å². The topological polar surface area (TPSA) is 73.7 Å². The standard InChI is InChI=1S/C21H29N3O3/c25-19(26)18-15-23(14-17(18)16-7-6-10-22-13-16)20(27)21(8-2-1-3-9-21)24-11-4-5-12-24/h6-7,10,13,17-18H,1-5,8-9,11-12,14-15H2,(H,25,26)/t17-,18+/m0/s1. The van der Waals surface area contributed by atoms with Crippen LogP contribution in [0.4, 0.5) is 0 Å². The number of carbonyl (C=O) groups is 2. The van der Waals surface area contributed by atoms with Gasteiger partial charge in [0, 0.05) is 31.4 Å². The summed E-state index contributed by atoms with van der Waals surface area (Å²) < 4.78 is 0. The number of carboxylic acids is 1. The molecule has 1 amide bonds. The van der Waals surface area contributed by atoms with E-state index >= 15 is 0 Å². The molecular formula is C21H29N3O3. The predicted molar refractivity (Wildman–Crippen MR) is 101 cm³/mol. The Hall–Kier alpha value is -1.95. The number of hydrogen-bond acceptors (Lipinski definition) is 4. The number of likely N-dealkylation sites (tertiary alicyclic amines) is 2. The van der Waals surface area contributed by atoms with Gasteiger partial charge in [0.15, 0.2) is 0 Å². The predicted octanol–water partition coefficient (Wildman–Crippen LogP) is 2.51. The van der Waals surface area contributed by atoms with Crippen molar-refractivity contribution in [3.05, 3.63) is 30.1 Å². The summed E-state index contributed by atoms with van der Waals surface area (Å²) in [6, 6.07) is 3.77. The SMILES string of the molecule is O=C(O)[C@@H]1CN(C(=O)C2(N3CCCC3)CCCCC2)C[C@H]1c1cccnc1. The Morgan fingerprint density at radius 2 is 1.81 bits per heavy atom. The summed E-state index contributed by atoms with van der Waals surface area (Å²) in [6.45, 7) is 2.78. The summed E-state index contributed by atoms with van der Waals surface area (Å²) in [5.41, 5.74) is 0.515. The first-order chi connectivity index (χ1) is 13.1. The minimum atomic E-state index is -0.821. The van der Waals surface area contributed by atoms with Crippen LogP contribution in [0, 0.1) is 5.92 Å². The lowest BCUT2D eigenvalue weighted by molar-refractivity contribution is -0.146. The lowest BCUT2D eigenvalue weighted by Gasteiger charge is -2.45. The van der Waals surface area contributed by atoms with E-state index in [0.717, 1.165) is 57.2 Å². The number of amides is 1. The second kappa shape index (κ2) is 7.58. The molecule has 0 aromatic carbocycles. The highest BCUT2D eigenvalue weighted by molar-refractivity contribution is 5.88. The first-order valence-corrected chi connectivity index (χ1v) is 10.3. The van der Waals surface area contributed by atoms with Gasteiger partial charge in [-0.05, 0) is 50.4 Å². The molecule has 1 aromatic heterocycles. The molecule has 6 nitrogen and oxygen atoms in total. The Morgan fingerprint density at radius 1 is 1.07 bits per heavy atom. The number of carboxylic acid groups (broad SMARTS) is 1. The summed E-state index contributed by atoms with van der Waals surface area (Å²) in [7, 11) is 0. The second-order valence-electron chi connectivity index (χ2n) is 8.33. The number of rotatable bonds is 4. The molecule has 3 heterocycles. The fraction of sp³-hybridized carbons (Fsp3) is 0.667. The van der Waals surface area contributed by atoms with Crippen molar-refractivity contribution in [1.29, 1.82) is 0 Å². The largest absolute Gasteiger partial charge is 0.481 e. The van der Waals surface area contributed by atoms with Crippen LogP contribution in [0.5, 0.6) is 0 Å². The van der Waals surface area contributed by atoms with Crippen molar-refractivity contribution in [2.24, 2.45) is 5.92 Å². The molecule has 3 fully saturated rings. The maximum atomic E-state index is 13.7. The third-order valence-corrected chi connectivity index (χ3v) is 6.83. The van der Waals surface area contributed by atoms with E-state index in [1.807, 2.05) is 17.0 Å². The van der Waals surface area contributed by atoms with Gasteiger partial charge in [-0.1, -0.05) is 25.3 Å². The first kappa shape index (κ1) is 18.4. The van der Waals surface area contributed by atoms with Crippen molar-refractivity contribution in [1.82, 2.24) is 14.8 Å². The van der Waals surface area contributed by atoms with E-state index in [1.165, 1.54) is 6.42 Å². The van der Waals surface area contributed by atoms with E-state index in [9.17, 15) is 14.7 Å². The van der Waals surface area contributed by atoms with Gasteiger partial charge in [-0.2, -0.15) is 0 Å². The Bertz CT molecular complexity index is 681. The maximum absolute atomic E-state index is 13.7. The normalized spacial score (nSPS) is 28.4. The smallest absolute Gasteiger partial charge is 0.308 e. The molecule has 6 heteroatoms. The van der Waals surface area contributed by atoms with Crippen LogP contribution < -0.4 is 0 Å². The third-order valence-electron chi connectivity index (χ3n) is 6.83. The number of hydrogen-bond donors (Lipinski definition) is 1. The molecule has 0 bridgehead atoms. The number of nitrogens with zero attached hydrogens (tertiary/aromatic N) is 3. The summed E-state index contributed by atoms with van der Waals surface area (Å²) in [5.74, 6) is -1.39. The molecule has 2 aliphatic heterocycles. The summed E-state index contributed by atoms with van der Waals surface area (Å²) in [5, 5.41) is 9.76. The van der Waals surface area contributed by atoms with Gasteiger partial charge >= 0.3 is 5.97 Å². The highest BCUT2D eigenvalue weighted by atomic mass is 16.4. The number of pyridine rings is 1. The monoisotopic (exact) mass is 371 g/mol. The van der Waals surface area contributed by atoms with Crippen LogP contribution in [-0.2, 0) is 9.59 Å². The third kappa shape index (κ3) is 3.35. The van der Waals surface area contributed by atoms with Gasteiger partial charge in [-0.15, -0.1) is 0 Å². The van der Waals surface area contributed by atoms with Crippen LogP contribution in [-0.4, -0.2) is 63.5 Å². The average molecular weight is 371 g/mol. The lowest BCUT2D eigenvalue weighted by atomic mass is 9.79. The first-order valence-electron chi connectivity index (χ1n) is 10.3. The van der Waals surface area contributed by atoms with Crippen LogP contribution in [0.15, 0.2) is 24.5 Å². The quantitative estimate of drug-likeness (QED) is 0.880. The lowest BCUT2D eigenvalue weighted by Crippen LogP contribution is -2.59. The van der Waals surface area contributed by atoms with Crippen LogP contribution in [0.1, 0.15) is 56.4 Å². The van der Waals surface area contributed by atoms with E-state index in [-0.39, 0.29) is 11.8 Å². The van der Waals surface area contributed by atoms with Crippen molar-refractivity contribution < 1.29 is 14.7 Å². The Morgan fingerprint density at radius 3 is 2.44 bits per heavy atom. The summed E-state index contributed by atoms with van der Waals surface area (Å²) in [4.78, 5) is 34.0. The zero-order valence-corrected chi connectivity index (χ0v) is 15.8. The molecule has 146 valence electrons. The van der Waals surface area contributed by atoms with E-state index in [0.29, 0.717) is 13.1 Å². The van der Waals surface area contributed by atoms with Gasteiger partial charge in [0.1, 0.15) is 5.54 Å². The van der Waals surface area contributed by atoms with E-state index < -0.39 is 17.4 Å². The molecule has 1 aliphatic carbocycles. The van der Waals surface area contributed by atoms with Crippen molar-refractivity contribution >= 4 is 11.9 Å². The fourth-order valence-corrected chi connectivity index (χ4v) is 5.39. The summed E-state index contributed by atoms with van der Waals surface area (Å²) >= 11 is 0. The highest BCUT2D eigenvalue weighted by Gasteiger charge is 2.50. The van der Waals surface area contributed by atoms with Crippen LogP contribution in [0.3, 0.4) is 0 Å². The van der Waals surface area contributed by atoms with E-state index in [2.05, 4.69) is 9.88 Å². The molecule has 2 saturated heterocycles. The van der Waals surface area contributed by atoms with E-state index in [4.69, 9.17) is 0 Å². The van der Waals surface area contributed by atoms with Gasteiger partial charge in [0.25, 0.3) is 0 Å². The zero-order chi connectivity index (χ0) is 18.9. The molecular weight excluding hydrogens is 342 g/mol.